The first-order valence-corrected chi connectivity index (χ1v) is 6.91. The van der Waals surface area contributed by atoms with Crippen molar-refractivity contribution in [1.82, 2.24) is 10.3 Å². The third-order valence-electron chi connectivity index (χ3n) is 4.16. The zero-order valence-electron chi connectivity index (χ0n) is 10.7. The number of rotatable bonds is 2. The molecule has 3 atom stereocenters. The van der Waals surface area contributed by atoms with Gasteiger partial charge < -0.3 is 10.6 Å². The Morgan fingerprint density at radius 1 is 1.37 bits per heavy atom. The summed E-state index contributed by atoms with van der Waals surface area (Å²) in [6, 6.07) is 3.13. The summed E-state index contributed by atoms with van der Waals surface area (Å²) in [6.45, 7) is 0. The van der Waals surface area contributed by atoms with Gasteiger partial charge in [-0.05, 0) is 37.3 Å². The summed E-state index contributed by atoms with van der Waals surface area (Å²) in [7, 11) is 0. The quantitative estimate of drug-likeness (QED) is 0.859. The summed E-state index contributed by atoms with van der Waals surface area (Å²) in [5, 5.41) is 6.15. The predicted octanol–water partition coefficient (Wildman–Crippen LogP) is 2.08. The SMILES string of the molecule is O=C(Nc1ccc(F)cn1)C1CC2CCCCC2N1. The number of nitrogens with one attached hydrogen (secondary N) is 2. The van der Waals surface area contributed by atoms with Crippen molar-refractivity contribution in [3.05, 3.63) is 24.1 Å². The first-order valence-electron chi connectivity index (χ1n) is 6.91. The number of amides is 1. The number of aromatic nitrogens is 1. The molecule has 3 rings (SSSR count). The lowest BCUT2D eigenvalue weighted by Crippen LogP contribution is -2.40. The second-order valence-electron chi connectivity index (χ2n) is 5.46. The van der Waals surface area contributed by atoms with E-state index in [0.717, 1.165) is 12.6 Å². The Kier molecular flexibility index (Phi) is 3.46. The van der Waals surface area contributed by atoms with Gasteiger partial charge in [0, 0.05) is 6.04 Å². The van der Waals surface area contributed by atoms with Gasteiger partial charge in [-0.15, -0.1) is 0 Å². The molecule has 1 aliphatic carbocycles. The molecule has 4 nitrogen and oxygen atoms in total. The molecule has 1 amide bonds. The highest BCUT2D eigenvalue weighted by Gasteiger charge is 2.38. The number of hydrogen-bond acceptors (Lipinski definition) is 3. The molecule has 2 aliphatic rings. The van der Waals surface area contributed by atoms with Gasteiger partial charge in [0.15, 0.2) is 0 Å². The Hall–Kier alpha value is -1.49. The van der Waals surface area contributed by atoms with E-state index in [1.807, 2.05) is 0 Å². The van der Waals surface area contributed by atoms with Gasteiger partial charge in [-0.25, -0.2) is 9.37 Å². The average molecular weight is 263 g/mol. The molecule has 1 saturated heterocycles. The smallest absolute Gasteiger partial charge is 0.242 e. The fourth-order valence-electron chi connectivity index (χ4n) is 3.18. The summed E-state index contributed by atoms with van der Waals surface area (Å²) in [5.41, 5.74) is 0. The monoisotopic (exact) mass is 263 g/mol. The van der Waals surface area contributed by atoms with Crippen LogP contribution in [0, 0.1) is 11.7 Å². The topological polar surface area (TPSA) is 54.0 Å². The van der Waals surface area contributed by atoms with E-state index < -0.39 is 5.82 Å². The van der Waals surface area contributed by atoms with E-state index in [9.17, 15) is 9.18 Å². The lowest BCUT2D eigenvalue weighted by atomic mass is 9.85. The van der Waals surface area contributed by atoms with Crippen LogP contribution in [0.1, 0.15) is 32.1 Å². The maximum absolute atomic E-state index is 12.7. The summed E-state index contributed by atoms with van der Waals surface area (Å²) < 4.78 is 12.7. The summed E-state index contributed by atoms with van der Waals surface area (Å²) in [4.78, 5) is 16.0. The molecule has 1 aliphatic heterocycles. The molecule has 19 heavy (non-hydrogen) atoms. The number of fused-ring (bicyclic) bond motifs is 1. The van der Waals surface area contributed by atoms with Crippen LogP contribution in [-0.4, -0.2) is 23.0 Å². The molecular formula is C14H18FN3O. The van der Waals surface area contributed by atoms with Crippen LogP contribution in [0.25, 0.3) is 0 Å². The lowest BCUT2D eigenvalue weighted by molar-refractivity contribution is -0.117. The van der Waals surface area contributed by atoms with Crippen LogP contribution in [0.2, 0.25) is 0 Å². The number of nitrogens with zero attached hydrogens (tertiary/aromatic N) is 1. The number of carbonyl (C=O) groups is 1. The van der Waals surface area contributed by atoms with Crippen LogP contribution in [0.4, 0.5) is 10.2 Å². The highest BCUT2D eigenvalue weighted by Crippen LogP contribution is 2.33. The Morgan fingerprint density at radius 2 is 2.21 bits per heavy atom. The van der Waals surface area contributed by atoms with E-state index in [1.54, 1.807) is 0 Å². The minimum atomic E-state index is -0.400. The van der Waals surface area contributed by atoms with Crippen LogP contribution in [0.3, 0.4) is 0 Å². The molecular weight excluding hydrogens is 245 g/mol. The first kappa shape index (κ1) is 12.5. The van der Waals surface area contributed by atoms with Gasteiger partial charge >= 0.3 is 0 Å². The van der Waals surface area contributed by atoms with Crippen molar-refractivity contribution >= 4 is 11.7 Å². The molecule has 3 unspecified atom stereocenters. The molecule has 0 spiro atoms. The third kappa shape index (κ3) is 2.76. The summed E-state index contributed by atoms with van der Waals surface area (Å²) in [5.74, 6) is 0.574. The van der Waals surface area contributed by atoms with Gasteiger partial charge in [-0.1, -0.05) is 12.8 Å². The predicted molar refractivity (Wildman–Crippen MR) is 70.1 cm³/mol. The Balaban J connectivity index is 1.60. The van der Waals surface area contributed by atoms with E-state index in [4.69, 9.17) is 0 Å². The lowest BCUT2D eigenvalue weighted by Gasteiger charge is -2.24. The van der Waals surface area contributed by atoms with E-state index >= 15 is 0 Å². The number of carbonyl (C=O) groups excluding carboxylic acids is 1. The molecule has 1 saturated carbocycles. The van der Waals surface area contributed by atoms with E-state index in [-0.39, 0.29) is 11.9 Å². The fourth-order valence-corrected chi connectivity index (χ4v) is 3.18. The van der Waals surface area contributed by atoms with E-state index in [1.165, 1.54) is 37.8 Å². The average Bonchev–Trinajstić information content (AvgIpc) is 2.85. The Labute approximate surface area is 111 Å². The number of pyridine rings is 1. The van der Waals surface area contributed by atoms with E-state index in [2.05, 4.69) is 15.6 Å². The van der Waals surface area contributed by atoms with Crippen molar-refractivity contribution in [1.29, 1.82) is 0 Å². The largest absolute Gasteiger partial charge is 0.309 e. The van der Waals surface area contributed by atoms with Gasteiger partial charge in [-0.3, -0.25) is 4.79 Å². The van der Waals surface area contributed by atoms with Gasteiger partial charge in [0.05, 0.1) is 12.2 Å². The molecule has 5 heteroatoms. The van der Waals surface area contributed by atoms with Crippen molar-refractivity contribution < 1.29 is 9.18 Å². The summed E-state index contributed by atoms with van der Waals surface area (Å²) in [6.07, 6.45) is 6.92. The van der Waals surface area contributed by atoms with Crippen LogP contribution in [0.15, 0.2) is 18.3 Å². The third-order valence-corrected chi connectivity index (χ3v) is 4.16. The first-order chi connectivity index (χ1) is 9.22. The molecule has 102 valence electrons. The highest BCUT2D eigenvalue weighted by molar-refractivity contribution is 5.94. The normalized spacial score (nSPS) is 29.8. The molecule has 2 heterocycles. The number of halogens is 1. The van der Waals surface area contributed by atoms with Crippen molar-refractivity contribution in [2.75, 3.05) is 5.32 Å². The second-order valence-corrected chi connectivity index (χ2v) is 5.46. The number of anilines is 1. The fraction of sp³-hybridized carbons (Fsp3) is 0.571. The van der Waals surface area contributed by atoms with Crippen LogP contribution in [-0.2, 0) is 4.79 Å². The van der Waals surface area contributed by atoms with Gasteiger partial charge in [-0.2, -0.15) is 0 Å². The minimum absolute atomic E-state index is 0.0616. The molecule has 0 bridgehead atoms. The van der Waals surface area contributed by atoms with Crippen LogP contribution < -0.4 is 10.6 Å². The van der Waals surface area contributed by atoms with Crippen molar-refractivity contribution in [2.24, 2.45) is 5.92 Å². The Bertz CT molecular complexity index is 448. The number of hydrogen-bond donors (Lipinski definition) is 2. The molecule has 1 aromatic rings. The highest BCUT2D eigenvalue weighted by atomic mass is 19.1. The maximum Gasteiger partial charge on any atom is 0.242 e. The van der Waals surface area contributed by atoms with Crippen molar-refractivity contribution in [2.45, 2.75) is 44.2 Å². The standard InChI is InChI=1S/C14H18FN3O/c15-10-5-6-13(16-8-10)18-14(19)12-7-9-3-1-2-4-11(9)17-12/h5-6,8-9,11-12,17H,1-4,7H2,(H,16,18,19). The molecule has 2 N–H and O–H groups in total. The van der Waals surface area contributed by atoms with Crippen LogP contribution in [0.5, 0.6) is 0 Å². The molecule has 2 fully saturated rings. The molecule has 0 radical (unpaired) electrons. The van der Waals surface area contributed by atoms with Gasteiger partial charge in [0.25, 0.3) is 0 Å². The molecule has 1 aromatic heterocycles. The van der Waals surface area contributed by atoms with Gasteiger partial charge in [0.1, 0.15) is 11.6 Å². The van der Waals surface area contributed by atoms with Crippen molar-refractivity contribution in [3.8, 4) is 0 Å². The summed E-state index contributed by atoms with van der Waals surface area (Å²) >= 11 is 0. The van der Waals surface area contributed by atoms with E-state index in [0.29, 0.717) is 17.8 Å². The zero-order chi connectivity index (χ0) is 13.2. The van der Waals surface area contributed by atoms with Crippen LogP contribution >= 0.6 is 0 Å². The maximum atomic E-state index is 12.7. The molecule has 0 aromatic carbocycles. The minimum Gasteiger partial charge on any atom is -0.309 e. The zero-order valence-corrected chi connectivity index (χ0v) is 10.7. The Morgan fingerprint density at radius 3 is 2.95 bits per heavy atom. The van der Waals surface area contributed by atoms with Crippen molar-refractivity contribution in [3.63, 3.8) is 0 Å². The van der Waals surface area contributed by atoms with Gasteiger partial charge in [0.2, 0.25) is 5.91 Å². The second kappa shape index (κ2) is 5.25.